The van der Waals surface area contributed by atoms with Gasteiger partial charge in [0.2, 0.25) is 5.88 Å². The van der Waals surface area contributed by atoms with E-state index in [2.05, 4.69) is 6.07 Å². The number of fused-ring (bicyclic) bond motifs is 3. The summed E-state index contributed by atoms with van der Waals surface area (Å²) in [6.45, 7) is 0.133. The van der Waals surface area contributed by atoms with Crippen LogP contribution in [0.15, 0.2) is 96.4 Å². The van der Waals surface area contributed by atoms with Gasteiger partial charge in [-0.2, -0.15) is 5.26 Å². The van der Waals surface area contributed by atoms with Crippen molar-refractivity contribution in [3.63, 3.8) is 0 Å². The normalized spacial score (nSPS) is 15.1. The molecule has 0 radical (unpaired) electrons. The Hall–Kier alpha value is -4.30. The Morgan fingerprint density at radius 3 is 2.47 bits per heavy atom. The van der Waals surface area contributed by atoms with Gasteiger partial charge in [0.05, 0.1) is 5.92 Å². The summed E-state index contributed by atoms with van der Waals surface area (Å²) >= 11 is 0. The van der Waals surface area contributed by atoms with E-state index >= 15 is 0 Å². The standard InChI is InChI=1S/C27H19FN2O2/c28-24-8-4-2-6-19(24)16-31-20-12-9-18(10-13-20)25-22-14-11-17-5-1-3-7-21(17)26(22)32-27(30)23(25)15-29/h1-14,25H,16,30H2/t25-/m0/s1. The summed E-state index contributed by atoms with van der Waals surface area (Å²) in [6, 6.07) is 28.1. The van der Waals surface area contributed by atoms with E-state index in [1.54, 1.807) is 18.2 Å². The zero-order valence-electron chi connectivity index (χ0n) is 17.1. The molecule has 0 bridgehead atoms. The van der Waals surface area contributed by atoms with Gasteiger partial charge in [-0.3, -0.25) is 0 Å². The van der Waals surface area contributed by atoms with Crippen LogP contribution in [0.1, 0.15) is 22.6 Å². The number of ether oxygens (including phenoxy) is 2. The second-order valence-electron chi connectivity index (χ2n) is 7.58. The fourth-order valence-electron chi connectivity index (χ4n) is 4.06. The van der Waals surface area contributed by atoms with Crippen LogP contribution in [-0.4, -0.2) is 0 Å². The maximum absolute atomic E-state index is 13.8. The molecule has 5 heteroatoms. The van der Waals surface area contributed by atoms with Crippen molar-refractivity contribution in [1.82, 2.24) is 0 Å². The largest absolute Gasteiger partial charge is 0.489 e. The van der Waals surface area contributed by atoms with E-state index in [9.17, 15) is 9.65 Å². The number of benzene rings is 4. The van der Waals surface area contributed by atoms with Crippen LogP contribution in [0.5, 0.6) is 11.5 Å². The lowest BCUT2D eigenvalue weighted by Crippen LogP contribution is -2.21. The average Bonchev–Trinajstić information content (AvgIpc) is 2.83. The number of rotatable bonds is 4. The molecule has 156 valence electrons. The second-order valence-corrected chi connectivity index (χ2v) is 7.58. The molecule has 4 nitrogen and oxygen atoms in total. The lowest BCUT2D eigenvalue weighted by molar-refractivity contribution is 0.300. The van der Waals surface area contributed by atoms with Crippen molar-refractivity contribution in [2.45, 2.75) is 12.5 Å². The van der Waals surface area contributed by atoms with Crippen LogP contribution in [0, 0.1) is 17.1 Å². The van der Waals surface area contributed by atoms with E-state index < -0.39 is 0 Å². The minimum absolute atomic E-state index is 0.112. The molecular weight excluding hydrogens is 403 g/mol. The molecule has 1 aliphatic rings. The van der Waals surface area contributed by atoms with Crippen molar-refractivity contribution in [3.05, 3.63) is 119 Å². The quantitative estimate of drug-likeness (QED) is 0.453. The maximum atomic E-state index is 13.8. The van der Waals surface area contributed by atoms with Crippen molar-refractivity contribution >= 4 is 10.8 Å². The molecule has 32 heavy (non-hydrogen) atoms. The van der Waals surface area contributed by atoms with Crippen LogP contribution in [0.2, 0.25) is 0 Å². The number of nitrogens with zero attached hydrogens (tertiary/aromatic N) is 1. The summed E-state index contributed by atoms with van der Waals surface area (Å²) in [4.78, 5) is 0. The molecule has 4 aromatic rings. The van der Waals surface area contributed by atoms with Crippen molar-refractivity contribution in [1.29, 1.82) is 5.26 Å². The Labute approximate surface area is 184 Å². The van der Waals surface area contributed by atoms with Gasteiger partial charge in [-0.15, -0.1) is 0 Å². The van der Waals surface area contributed by atoms with Gasteiger partial charge in [0, 0.05) is 16.5 Å². The summed E-state index contributed by atoms with van der Waals surface area (Å²) in [5.74, 6) is 0.743. The van der Waals surface area contributed by atoms with Crippen molar-refractivity contribution in [3.8, 4) is 17.6 Å². The highest BCUT2D eigenvalue weighted by Crippen LogP contribution is 2.45. The van der Waals surface area contributed by atoms with E-state index in [0.717, 1.165) is 21.9 Å². The van der Waals surface area contributed by atoms with Gasteiger partial charge in [0.15, 0.2) is 0 Å². The van der Waals surface area contributed by atoms with Crippen LogP contribution >= 0.6 is 0 Å². The third kappa shape index (κ3) is 3.42. The highest BCUT2D eigenvalue weighted by molar-refractivity contribution is 5.90. The molecule has 0 saturated carbocycles. The number of nitrogens with two attached hydrogens (primary N) is 1. The first-order chi connectivity index (χ1) is 15.7. The highest BCUT2D eigenvalue weighted by atomic mass is 19.1. The fraction of sp³-hybridized carbons (Fsp3) is 0.0741. The Balaban J connectivity index is 1.49. The molecule has 0 saturated heterocycles. The van der Waals surface area contributed by atoms with Crippen molar-refractivity contribution < 1.29 is 13.9 Å². The monoisotopic (exact) mass is 422 g/mol. The lowest BCUT2D eigenvalue weighted by Gasteiger charge is -2.27. The molecular formula is C27H19FN2O2. The average molecular weight is 422 g/mol. The lowest BCUT2D eigenvalue weighted by atomic mass is 9.82. The van der Waals surface area contributed by atoms with Crippen LogP contribution in [0.25, 0.3) is 10.8 Å². The molecule has 1 aliphatic heterocycles. The number of allylic oxidation sites excluding steroid dienone is 1. The van der Waals surface area contributed by atoms with E-state index in [4.69, 9.17) is 15.2 Å². The smallest absolute Gasteiger partial charge is 0.205 e. The maximum Gasteiger partial charge on any atom is 0.205 e. The molecule has 0 spiro atoms. The first kappa shape index (κ1) is 19.7. The van der Waals surface area contributed by atoms with E-state index in [1.165, 1.54) is 6.07 Å². The molecule has 1 atom stereocenters. The molecule has 2 N–H and O–H groups in total. The number of hydrogen-bond acceptors (Lipinski definition) is 4. The predicted molar refractivity (Wildman–Crippen MR) is 120 cm³/mol. The molecule has 0 fully saturated rings. The van der Waals surface area contributed by atoms with Crippen molar-refractivity contribution in [2.24, 2.45) is 5.73 Å². The Morgan fingerprint density at radius 2 is 1.69 bits per heavy atom. The third-order valence-electron chi connectivity index (χ3n) is 5.67. The molecule has 0 unspecified atom stereocenters. The Bertz CT molecular complexity index is 1390. The fourth-order valence-corrected chi connectivity index (χ4v) is 4.06. The minimum atomic E-state index is -0.353. The summed E-state index contributed by atoms with van der Waals surface area (Å²) in [7, 11) is 0. The molecule has 0 aliphatic carbocycles. The van der Waals surface area contributed by atoms with Crippen LogP contribution in [0.3, 0.4) is 0 Å². The van der Waals surface area contributed by atoms with E-state index in [-0.39, 0.29) is 24.2 Å². The van der Waals surface area contributed by atoms with E-state index in [0.29, 0.717) is 22.6 Å². The van der Waals surface area contributed by atoms with E-state index in [1.807, 2.05) is 60.7 Å². The first-order valence-electron chi connectivity index (χ1n) is 10.2. The van der Waals surface area contributed by atoms with Gasteiger partial charge in [-0.25, -0.2) is 4.39 Å². The van der Waals surface area contributed by atoms with Gasteiger partial charge in [-0.1, -0.05) is 66.7 Å². The summed E-state index contributed by atoms with van der Waals surface area (Å²) in [5, 5.41) is 11.8. The zero-order chi connectivity index (χ0) is 22.1. The van der Waals surface area contributed by atoms with Crippen LogP contribution in [0.4, 0.5) is 4.39 Å². The zero-order valence-corrected chi connectivity index (χ0v) is 17.1. The SMILES string of the molecule is N#CC1=C(N)Oc2c(ccc3ccccc23)[C@@H]1c1ccc(OCc2ccccc2F)cc1. The summed E-state index contributed by atoms with van der Waals surface area (Å²) in [6.07, 6.45) is 0. The first-order valence-corrected chi connectivity index (χ1v) is 10.2. The topological polar surface area (TPSA) is 68.3 Å². The van der Waals surface area contributed by atoms with Crippen molar-refractivity contribution in [2.75, 3.05) is 0 Å². The van der Waals surface area contributed by atoms with Gasteiger partial charge in [0.25, 0.3) is 0 Å². The molecule has 1 heterocycles. The highest BCUT2D eigenvalue weighted by Gasteiger charge is 2.31. The molecule has 4 aromatic carbocycles. The Kier molecular flexibility index (Phi) is 4.97. The molecule has 5 rings (SSSR count). The van der Waals surface area contributed by atoms with Gasteiger partial charge < -0.3 is 15.2 Å². The van der Waals surface area contributed by atoms with Gasteiger partial charge in [-0.05, 0) is 29.1 Å². The number of halogens is 1. The number of nitriles is 1. The minimum Gasteiger partial charge on any atom is -0.489 e. The Morgan fingerprint density at radius 1 is 0.938 bits per heavy atom. The van der Waals surface area contributed by atoms with Crippen LogP contribution < -0.4 is 15.2 Å². The summed E-state index contributed by atoms with van der Waals surface area (Å²) in [5.41, 5.74) is 8.79. The molecule has 0 aromatic heterocycles. The predicted octanol–water partition coefficient (Wildman–Crippen LogP) is 5.78. The van der Waals surface area contributed by atoms with Crippen LogP contribution in [-0.2, 0) is 6.61 Å². The number of hydrogen-bond donors (Lipinski definition) is 1. The van der Waals surface area contributed by atoms with Gasteiger partial charge in [0.1, 0.15) is 35.6 Å². The van der Waals surface area contributed by atoms with Gasteiger partial charge >= 0.3 is 0 Å². The second kappa shape index (κ2) is 8.09. The summed E-state index contributed by atoms with van der Waals surface area (Å²) < 4.78 is 25.5. The molecule has 0 amide bonds. The third-order valence-corrected chi connectivity index (χ3v) is 5.67.